The van der Waals surface area contributed by atoms with Gasteiger partial charge in [-0.25, -0.2) is 9.97 Å². The van der Waals surface area contributed by atoms with Gasteiger partial charge < -0.3 is 5.32 Å². The second kappa shape index (κ2) is 6.21. The quantitative estimate of drug-likeness (QED) is 0.633. The van der Waals surface area contributed by atoms with Crippen molar-refractivity contribution in [2.75, 3.05) is 6.54 Å². The molecule has 4 heteroatoms. The highest BCUT2D eigenvalue weighted by Gasteiger charge is 2.08. The summed E-state index contributed by atoms with van der Waals surface area (Å²) in [5.74, 6) is 0. The molecule has 0 aliphatic rings. The lowest BCUT2D eigenvalue weighted by Crippen LogP contribution is -2.29. The molecule has 1 heterocycles. The van der Waals surface area contributed by atoms with Gasteiger partial charge in [-0.3, -0.25) is 0 Å². The minimum absolute atomic E-state index is 0.489. The average molecular weight is 239 g/mol. The number of hydrogen-bond acceptors (Lipinski definition) is 4. The summed E-state index contributed by atoms with van der Waals surface area (Å²) in [5.41, 5.74) is 2.08. The molecular formula is C12H21N3S. The van der Waals surface area contributed by atoms with Crippen molar-refractivity contribution in [3.05, 3.63) is 17.5 Å². The first-order chi connectivity index (χ1) is 7.47. The Balaban J connectivity index is 2.52. The lowest BCUT2D eigenvalue weighted by Gasteiger charge is -2.13. The molecule has 1 N–H and O–H groups in total. The van der Waals surface area contributed by atoms with Gasteiger partial charge in [0.25, 0.3) is 0 Å². The Morgan fingerprint density at radius 2 is 1.75 bits per heavy atom. The summed E-state index contributed by atoms with van der Waals surface area (Å²) in [5, 5.41) is 4.79. The molecule has 90 valence electrons. The molecule has 1 aromatic rings. The van der Waals surface area contributed by atoms with E-state index in [1.807, 2.05) is 19.9 Å². The number of hydrogen-bond donors (Lipinski definition) is 1. The van der Waals surface area contributed by atoms with Crippen LogP contribution in [0.5, 0.6) is 0 Å². The monoisotopic (exact) mass is 239 g/mol. The standard InChI is InChI=1S/C12H21N3S/c1-8(2)13-7-11(5)16-12-14-9(3)6-10(4)15-12/h6,8,11,13H,7H2,1-5H3. The van der Waals surface area contributed by atoms with Gasteiger partial charge in [0.1, 0.15) is 0 Å². The van der Waals surface area contributed by atoms with Crippen LogP contribution in [-0.2, 0) is 0 Å². The first kappa shape index (κ1) is 13.5. The van der Waals surface area contributed by atoms with E-state index in [-0.39, 0.29) is 0 Å². The first-order valence-corrected chi connectivity index (χ1v) is 6.57. The van der Waals surface area contributed by atoms with E-state index in [1.165, 1.54) is 0 Å². The van der Waals surface area contributed by atoms with Crippen molar-refractivity contribution in [3.8, 4) is 0 Å². The van der Waals surface area contributed by atoms with Gasteiger partial charge in [0.2, 0.25) is 0 Å². The summed E-state index contributed by atoms with van der Waals surface area (Å²) < 4.78 is 0. The highest BCUT2D eigenvalue weighted by molar-refractivity contribution is 7.99. The van der Waals surface area contributed by atoms with E-state index in [0.717, 1.165) is 23.1 Å². The number of aryl methyl sites for hydroxylation is 2. The summed E-state index contributed by atoms with van der Waals surface area (Å²) in [6.07, 6.45) is 0. The van der Waals surface area contributed by atoms with Crippen LogP contribution >= 0.6 is 11.8 Å². The molecule has 1 aromatic heterocycles. The van der Waals surface area contributed by atoms with Crippen LogP contribution in [0.1, 0.15) is 32.2 Å². The smallest absolute Gasteiger partial charge is 0.188 e. The molecule has 1 atom stereocenters. The van der Waals surface area contributed by atoms with Gasteiger partial charge in [-0.2, -0.15) is 0 Å². The predicted octanol–water partition coefficient (Wildman–Crippen LogP) is 2.57. The molecule has 1 unspecified atom stereocenters. The van der Waals surface area contributed by atoms with Crippen LogP contribution in [-0.4, -0.2) is 27.8 Å². The second-order valence-corrected chi connectivity index (χ2v) is 5.83. The fourth-order valence-electron chi connectivity index (χ4n) is 1.37. The minimum Gasteiger partial charge on any atom is -0.313 e. The van der Waals surface area contributed by atoms with Crippen molar-refractivity contribution in [2.45, 2.75) is 51.1 Å². The first-order valence-electron chi connectivity index (χ1n) is 5.69. The van der Waals surface area contributed by atoms with E-state index < -0.39 is 0 Å². The van der Waals surface area contributed by atoms with Crippen LogP contribution in [0.2, 0.25) is 0 Å². The van der Waals surface area contributed by atoms with Crippen LogP contribution in [0.4, 0.5) is 0 Å². The molecule has 0 aliphatic carbocycles. The maximum atomic E-state index is 4.43. The summed E-state index contributed by atoms with van der Waals surface area (Å²) >= 11 is 1.73. The Labute approximate surface area is 102 Å². The molecule has 3 nitrogen and oxygen atoms in total. The fraction of sp³-hybridized carbons (Fsp3) is 0.667. The minimum atomic E-state index is 0.489. The summed E-state index contributed by atoms with van der Waals surface area (Å²) in [6.45, 7) is 11.5. The summed E-state index contributed by atoms with van der Waals surface area (Å²) in [6, 6.07) is 2.53. The maximum absolute atomic E-state index is 4.43. The van der Waals surface area contributed by atoms with E-state index in [9.17, 15) is 0 Å². The molecule has 1 rings (SSSR count). The van der Waals surface area contributed by atoms with Crippen molar-refractivity contribution in [1.82, 2.24) is 15.3 Å². The molecular weight excluding hydrogens is 218 g/mol. The third-order valence-electron chi connectivity index (χ3n) is 2.08. The number of rotatable bonds is 5. The van der Waals surface area contributed by atoms with Gasteiger partial charge in [-0.1, -0.05) is 32.5 Å². The zero-order valence-electron chi connectivity index (χ0n) is 10.7. The molecule has 0 fully saturated rings. The Morgan fingerprint density at radius 3 is 2.25 bits per heavy atom. The largest absolute Gasteiger partial charge is 0.313 e. The third-order valence-corrected chi connectivity index (χ3v) is 3.04. The lowest BCUT2D eigenvalue weighted by molar-refractivity contribution is 0.588. The van der Waals surface area contributed by atoms with E-state index in [4.69, 9.17) is 0 Å². The number of nitrogens with zero attached hydrogens (tertiary/aromatic N) is 2. The van der Waals surface area contributed by atoms with Crippen LogP contribution in [0.25, 0.3) is 0 Å². The van der Waals surface area contributed by atoms with E-state index in [2.05, 4.69) is 36.1 Å². The molecule has 0 radical (unpaired) electrons. The van der Waals surface area contributed by atoms with Crippen molar-refractivity contribution in [1.29, 1.82) is 0 Å². The van der Waals surface area contributed by atoms with Crippen LogP contribution in [0.3, 0.4) is 0 Å². The Bertz CT molecular complexity index is 319. The number of aromatic nitrogens is 2. The second-order valence-electron chi connectivity index (χ2n) is 4.42. The molecule has 0 bridgehead atoms. The van der Waals surface area contributed by atoms with Crippen LogP contribution < -0.4 is 5.32 Å². The van der Waals surface area contributed by atoms with Gasteiger partial charge >= 0.3 is 0 Å². The lowest BCUT2D eigenvalue weighted by atomic mass is 10.3. The molecule has 0 spiro atoms. The highest BCUT2D eigenvalue weighted by atomic mass is 32.2. The van der Waals surface area contributed by atoms with E-state index in [1.54, 1.807) is 11.8 Å². The summed E-state index contributed by atoms with van der Waals surface area (Å²) in [7, 11) is 0. The van der Waals surface area contributed by atoms with Crippen LogP contribution in [0, 0.1) is 13.8 Å². The highest BCUT2D eigenvalue weighted by Crippen LogP contribution is 2.19. The van der Waals surface area contributed by atoms with Gasteiger partial charge in [0, 0.05) is 29.2 Å². The SMILES string of the molecule is Cc1cc(C)nc(SC(C)CNC(C)C)n1. The zero-order chi connectivity index (χ0) is 12.1. The molecule has 0 amide bonds. The van der Waals surface area contributed by atoms with Gasteiger partial charge in [0.15, 0.2) is 5.16 Å². The zero-order valence-corrected chi connectivity index (χ0v) is 11.6. The average Bonchev–Trinajstić information content (AvgIpc) is 2.12. The maximum Gasteiger partial charge on any atom is 0.188 e. The van der Waals surface area contributed by atoms with Gasteiger partial charge in [-0.05, 0) is 19.9 Å². The Hall–Kier alpha value is -0.610. The fourth-order valence-corrected chi connectivity index (χ4v) is 2.30. The van der Waals surface area contributed by atoms with Crippen molar-refractivity contribution in [3.63, 3.8) is 0 Å². The van der Waals surface area contributed by atoms with E-state index >= 15 is 0 Å². The molecule has 16 heavy (non-hydrogen) atoms. The molecule has 0 aliphatic heterocycles. The predicted molar refractivity (Wildman–Crippen MR) is 70.0 cm³/mol. The molecule has 0 aromatic carbocycles. The Morgan fingerprint density at radius 1 is 1.19 bits per heavy atom. The van der Waals surface area contributed by atoms with Gasteiger partial charge in [-0.15, -0.1) is 0 Å². The Kier molecular flexibility index (Phi) is 5.22. The third kappa shape index (κ3) is 4.94. The van der Waals surface area contributed by atoms with Gasteiger partial charge in [0.05, 0.1) is 0 Å². The molecule has 0 saturated heterocycles. The molecule has 0 saturated carbocycles. The van der Waals surface area contributed by atoms with E-state index in [0.29, 0.717) is 11.3 Å². The number of nitrogens with one attached hydrogen (secondary N) is 1. The number of thioether (sulfide) groups is 1. The summed E-state index contributed by atoms with van der Waals surface area (Å²) in [4.78, 5) is 8.85. The normalized spacial score (nSPS) is 13.1. The van der Waals surface area contributed by atoms with Crippen molar-refractivity contribution in [2.24, 2.45) is 0 Å². The topological polar surface area (TPSA) is 37.8 Å². The van der Waals surface area contributed by atoms with Crippen molar-refractivity contribution < 1.29 is 0 Å². The van der Waals surface area contributed by atoms with Crippen molar-refractivity contribution >= 4 is 11.8 Å². The van der Waals surface area contributed by atoms with Crippen LogP contribution in [0.15, 0.2) is 11.2 Å².